The summed E-state index contributed by atoms with van der Waals surface area (Å²) in [6.07, 6.45) is 2.55. The summed E-state index contributed by atoms with van der Waals surface area (Å²) in [5, 5.41) is 0. The van der Waals surface area contributed by atoms with Gasteiger partial charge in [0.05, 0.1) is 6.10 Å². The first kappa shape index (κ1) is 14.9. The van der Waals surface area contributed by atoms with Crippen LogP contribution in [0.1, 0.15) is 38.7 Å². The van der Waals surface area contributed by atoms with Crippen molar-refractivity contribution in [1.82, 2.24) is 0 Å². The molecule has 0 amide bonds. The van der Waals surface area contributed by atoms with Crippen LogP contribution in [0.15, 0.2) is 18.2 Å². The van der Waals surface area contributed by atoms with Crippen molar-refractivity contribution in [2.45, 2.75) is 39.2 Å². The second-order valence-corrected chi connectivity index (χ2v) is 4.48. The number of halogens is 2. The average molecular weight is 269 g/mol. The lowest BCUT2D eigenvalue weighted by atomic mass is 10.2. The van der Waals surface area contributed by atoms with Gasteiger partial charge in [-0.1, -0.05) is 25.2 Å². The standard InChI is InChI=1S/C15H18ClFO/c1-3-6-12(2)18-15-11-13(7-4-5-10-16)8-9-14(15)17/h8-9,11-12H,3,5-6,10H2,1-2H3. The Hall–Kier alpha value is -1.20. The van der Waals surface area contributed by atoms with Crippen LogP contribution < -0.4 is 4.74 Å². The van der Waals surface area contributed by atoms with Crippen LogP contribution in [0.5, 0.6) is 5.75 Å². The maximum atomic E-state index is 13.6. The van der Waals surface area contributed by atoms with Gasteiger partial charge in [-0.05, 0) is 31.5 Å². The molecule has 98 valence electrons. The van der Waals surface area contributed by atoms with Crippen LogP contribution in [0.3, 0.4) is 0 Å². The van der Waals surface area contributed by atoms with Gasteiger partial charge in [-0.3, -0.25) is 0 Å². The lowest BCUT2D eigenvalue weighted by Gasteiger charge is -2.14. The summed E-state index contributed by atoms with van der Waals surface area (Å²) in [6.45, 7) is 4.01. The molecule has 0 spiro atoms. The first-order chi connectivity index (χ1) is 8.67. The molecule has 1 aromatic rings. The molecule has 0 radical (unpaired) electrons. The van der Waals surface area contributed by atoms with Crippen molar-refractivity contribution >= 4 is 11.6 Å². The zero-order valence-corrected chi connectivity index (χ0v) is 11.6. The van der Waals surface area contributed by atoms with E-state index < -0.39 is 0 Å². The molecule has 0 saturated carbocycles. The average Bonchev–Trinajstić information content (AvgIpc) is 2.34. The SMILES string of the molecule is CCCC(C)Oc1cc(C#CCCCl)ccc1F. The minimum absolute atomic E-state index is 0.00977. The van der Waals surface area contributed by atoms with Gasteiger partial charge in [0, 0.05) is 17.9 Å². The van der Waals surface area contributed by atoms with Gasteiger partial charge in [0.25, 0.3) is 0 Å². The maximum Gasteiger partial charge on any atom is 0.165 e. The highest BCUT2D eigenvalue weighted by molar-refractivity contribution is 6.18. The third-order valence-electron chi connectivity index (χ3n) is 2.41. The predicted octanol–water partition coefficient (Wildman–Crippen LogP) is 4.37. The first-order valence-electron chi connectivity index (χ1n) is 6.18. The van der Waals surface area contributed by atoms with Crippen molar-refractivity contribution in [3.05, 3.63) is 29.6 Å². The van der Waals surface area contributed by atoms with Gasteiger partial charge in [0.2, 0.25) is 0 Å². The van der Waals surface area contributed by atoms with Crippen molar-refractivity contribution in [2.24, 2.45) is 0 Å². The Kier molecular flexibility index (Phi) is 6.60. The molecule has 0 aliphatic heterocycles. The molecule has 1 nitrogen and oxygen atoms in total. The van der Waals surface area contributed by atoms with E-state index in [4.69, 9.17) is 16.3 Å². The smallest absolute Gasteiger partial charge is 0.165 e. The zero-order chi connectivity index (χ0) is 13.4. The molecule has 0 fully saturated rings. The van der Waals surface area contributed by atoms with E-state index in [9.17, 15) is 4.39 Å². The van der Waals surface area contributed by atoms with Crippen LogP contribution in [-0.4, -0.2) is 12.0 Å². The largest absolute Gasteiger partial charge is 0.488 e. The van der Waals surface area contributed by atoms with Gasteiger partial charge in [0.1, 0.15) is 0 Å². The Bertz CT molecular complexity index is 434. The van der Waals surface area contributed by atoms with Crippen LogP contribution >= 0.6 is 11.6 Å². The molecule has 0 saturated heterocycles. The van der Waals surface area contributed by atoms with E-state index in [1.807, 2.05) is 6.92 Å². The molecule has 0 bridgehead atoms. The molecular formula is C15H18ClFO. The summed E-state index contributed by atoms with van der Waals surface area (Å²) in [7, 11) is 0. The van der Waals surface area contributed by atoms with E-state index >= 15 is 0 Å². The van der Waals surface area contributed by atoms with Crippen molar-refractivity contribution in [1.29, 1.82) is 0 Å². The van der Waals surface area contributed by atoms with Gasteiger partial charge in [-0.15, -0.1) is 11.6 Å². The molecule has 0 aromatic heterocycles. The molecule has 0 aliphatic carbocycles. The summed E-state index contributed by atoms with van der Waals surface area (Å²) in [4.78, 5) is 0. The Morgan fingerprint density at radius 1 is 1.44 bits per heavy atom. The monoisotopic (exact) mass is 268 g/mol. The van der Waals surface area contributed by atoms with E-state index in [0.29, 0.717) is 12.3 Å². The second kappa shape index (κ2) is 8.00. The lowest BCUT2D eigenvalue weighted by Crippen LogP contribution is -2.12. The first-order valence-corrected chi connectivity index (χ1v) is 6.71. The van der Waals surface area contributed by atoms with Gasteiger partial charge in [-0.2, -0.15) is 0 Å². The van der Waals surface area contributed by atoms with Gasteiger partial charge in [-0.25, -0.2) is 4.39 Å². The van der Waals surface area contributed by atoms with Crippen molar-refractivity contribution in [2.75, 3.05) is 5.88 Å². The highest BCUT2D eigenvalue weighted by Gasteiger charge is 2.08. The van der Waals surface area contributed by atoms with E-state index in [2.05, 4.69) is 18.8 Å². The molecule has 1 atom stereocenters. The molecule has 1 rings (SSSR count). The highest BCUT2D eigenvalue weighted by atomic mass is 35.5. The van der Waals surface area contributed by atoms with E-state index in [1.165, 1.54) is 6.07 Å². The number of ether oxygens (including phenoxy) is 1. The fourth-order valence-corrected chi connectivity index (χ4v) is 1.66. The Labute approximate surface area is 113 Å². The van der Waals surface area contributed by atoms with E-state index in [-0.39, 0.29) is 17.7 Å². The van der Waals surface area contributed by atoms with Crippen LogP contribution in [0.2, 0.25) is 0 Å². The Morgan fingerprint density at radius 2 is 2.22 bits per heavy atom. The molecule has 0 aliphatic rings. The quantitative estimate of drug-likeness (QED) is 0.569. The lowest BCUT2D eigenvalue weighted by molar-refractivity contribution is 0.201. The predicted molar refractivity (Wildman–Crippen MR) is 73.6 cm³/mol. The molecular weight excluding hydrogens is 251 g/mol. The summed E-state index contributed by atoms with van der Waals surface area (Å²) < 4.78 is 19.1. The van der Waals surface area contributed by atoms with Crippen molar-refractivity contribution in [3.8, 4) is 17.6 Å². The molecule has 18 heavy (non-hydrogen) atoms. The van der Waals surface area contributed by atoms with Crippen LogP contribution in [0.4, 0.5) is 4.39 Å². The number of hydrogen-bond donors (Lipinski definition) is 0. The minimum atomic E-state index is -0.346. The molecule has 1 aromatic carbocycles. The number of alkyl halides is 1. The molecule has 0 heterocycles. The van der Waals surface area contributed by atoms with Crippen molar-refractivity contribution < 1.29 is 9.13 Å². The Morgan fingerprint density at radius 3 is 2.89 bits per heavy atom. The number of rotatable bonds is 5. The van der Waals surface area contributed by atoms with Gasteiger partial charge < -0.3 is 4.74 Å². The normalized spacial score (nSPS) is 11.6. The topological polar surface area (TPSA) is 9.23 Å². The number of benzene rings is 1. The summed E-state index contributed by atoms with van der Waals surface area (Å²) >= 11 is 5.54. The summed E-state index contributed by atoms with van der Waals surface area (Å²) in [5.41, 5.74) is 0.750. The Balaban J connectivity index is 2.78. The second-order valence-electron chi connectivity index (χ2n) is 4.10. The fraction of sp³-hybridized carbons (Fsp3) is 0.467. The van der Waals surface area contributed by atoms with Crippen LogP contribution in [0.25, 0.3) is 0 Å². The molecule has 1 unspecified atom stereocenters. The third-order valence-corrected chi connectivity index (χ3v) is 2.60. The zero-order valence-electron chi connectivity index (χ0n) is 10.8. The van der Waals surface area contributed by atoms with Gasteiger partial charge in [0.15, 0.2) is 11.6 Å². The van der Waals surface area contributed by atoms with Gasteiger partial charge >= 0.3 is 0 Å². The molecule has 3 heteroatoms. The maximum absolute atomic E-state index is 13.6. The summed E-state index contributed by atoms with van der Waals surface area (Å²) in [5.74, 6) is 6.28. The van der Waals surface area contributed by atoms with E-state index in [0.717, 1.165) is 18.4 Å². The fourth-order valence-electron chi connectivity index (χ4n) is 1.57. The molecule has 0 N–H and O–H groups in total. The van der Waals surface area contributed by atoms with E-state index in [1.54, 1.807) is 12.1 Å². The van der Waals surface area contributed by atoms with Crippen LogP contribution in [0, 0.1) is 17.7 Å². The van der Waals surface area contributed by atoms with Crippen LogP contribution in [-0.2, 0) is 0 Å². The number of hydrogen-bond acceptors (Lipinski definition) is 1. The minimum Gasteiger partial charge on any atom is -0.488 e. The van der Waals surface area contributed by atoms with Crippen molar-refractivity contribution in [3.63, 3.8) is 0 Å². The highest BCUT2D eigenvalue weighted by Crippen LogP contribution is 2.20. The summed E-state index contributed by atoms with van der Waals surface area (Å²) in [6, 6.07) is 4.68. The third kappa shape index (κ3) is 4.98.